The topological polar surface area (TPSA) is 56.1 Å². The van der Waals surface area contributed by atoms with Crippen molar-refractivity contribution in [3.05, 3.63) is 47.3 Å². The fourth-order valence-electron chi connectivity index (χ4n) is 2.04. The maximum Gasteiger partial charge on any atom is 0.340 e. The summed E-state index contributed by atoms with van der Waals surface area (Å²) in [6.07, 6.45) is 1.97. The first-order valence-electron chi connectivity index (χ1n) is 6.61. The van der Waals surface area contributed by atoms with Gasteiger partial charge in [-0.2, -0.15) is 5.10 Å². The van der Waals surface area contributed by atoms with Crippen molar-refractivity contribution in [2.45, 2.75) is 20.4 Å². The highest BCUT2D eigenvalue weighted by molar-refractivity contribution is 5.95. The lowest BCUT2D eigenvalue weighted by molar-refractivity contribution is 0.0527. The summed E-state index contributed by atoms with van der Waals surface area (Å²) in [5.74, 6) is -0.307. The Bertz CT molecular complexity index is 605. The molecule has 0 atom stereocenters. The SMILES string of the molecule is CCOC(=O)c1ccccc1NCc1cn(C)nc1C. The van der Waals surface area contributed by atoms with Crippen LogP contribution in [0.2, 0.25) is 0 Å². The van der Waals surface area contributed by atoms with Crippen molar-refractivity contribution < 1.29 is 9.53 Å². The molecule has 1 heterocycles. The Morgan fingerprint density at radius 2 is 2.15 bits per heavy atom. The van der Waals surface area contributed by atoms with Crippen LogP contribution in [0.3, 0.4) is 0 Å². The second-order valence-corrected chi connectivity index (χ2v) is 4.53. The molecule has 0 aliphatic rings. The van der Waals surface area contributed by atoms with Gasteiger partial charge < -0.3 is 10.1 Å². The van der Waals surface area contributed by atoms with Gasteiger partial charge in [0, 0.05) is 31.0 Å². The van der Waals surface area contributed by atoms with Crippen LogP contribution in [0.15, 0.2) is 30.5 Å². The molecule has 2 rings (SSSR count). The van der Waals surface area contributed by atoms with E-state index in [0.29, 0.717) is 18.7 Å². The fourth-order valence-corrected chi connectivity index (χ4v) is 2.04. The largest absolute Gasteiger partial charge is 0.462 e. The number of nitrogens with zero attached hydrogens (tertiary/aromatic N) is 2. The number of hydrogen-bond donors (Lipinski definition) is 1. The minimum Gasteiger partial charge on any atom is -0.462 e. The lowest BCUT2D eigenvalue weighted by Crippen LogP contribution is -2.09. The van der Waals surface area contributed by atoms with Gasteiger partial charge in [-0.1, -0.05) is 12.1 Å². The van der Waals surface area contributed by atoms with Crippen molar-refractivity contribution in [2.24, 2.45) is 7.05 Å². The number of benzene rings is 1. The molecule has 1 aromatic heterocycles. The molecule has 2 aromatic rings. The third kappa shape index (κ3) is 3.17. The zero-order chi connectivity index (χ0) is 14.5. The molecule has 0 radical (unpaired) electrons. The van der Waals surface area contributed by atoms with Crippen molar-refractivity contribution in [2.75, 3.05) is 11.9 Å². The molecular formula is C15H19N3O2. The van der Waals surface area contributed by atoms with Crippen LogP contribution in [0.4, 0.5) is 5.69 Å². The Hall–Kier alpha value is -2.30. The van der Waals surface area contributed by atoms with Crippen molar-refractivity contribution in [3.8, 4) is 0 Å². The lowest BCUT2D eigenvalue weighted by Gasteiger charge is -2.10. The molecule has 5 nitrogen and oxygen atoms in total. The highest BCUT2D eigenvalue weighted by Gasteiger charge is 2.12. The molecule has 1 N–H and O–H groups in total. The molecule has 106 valence electrons. The average molecular weight is 273 g/mol. The number of aryl methyl sites for hydroxylation is 2. The highest BCUT2D eigenvalue weighted by atomic mass is 16.5. The lowest BCUT2D eigenvalue weighted by atomic mass is 10.1. The minimum absolute atomic E-state index is 0.307. The second-order valence-electron chi connectivity index (χ2n) is 4.53. The highest BCUT2D eigenvalue weighted by Crippen LogP contribution is 2.18. The molecule has 0 spiro atoms. The summed E-state index contributed by atoms with van der Waals surface area (Å²) < 4.78 is 6.83. The molecule has 0 amide bonds. The van der Waals surface area contributed by atoms with Gasteiger partial charge in [0.15, 0.2) is 0 Å². The fraction of sp³-hybridized carbons (Fsp3) is 0.333. The molecule has 0 aliphatic carbocycles. The molecule has 0 unspecified atom stereocenters. The predicted octanol–water partition coefficient (Wildman–Crippen LogP) is 2.52. The number of aromatic nitrogens is 2. The number of ether oxygens (including phenoxy) is 1. The Morgan fingerprint density at radius 1 is 1.40 bits per heavy atom. The van der Waals surface area contributed by atoms with Crippen molar-refractivity contribution in [1.82, 2.24) is 9.78 Å². The van der Waals surface area contributed by atoms with Crippen molar-refractivity contribution in [1.29, 1.82) is 0 Å². The Labute approximate surface area is 118 Å². The monoisotopic (exact) mass is 273 g/mol. The molecular weight excluding hydrogens is 254 g/mol. The van der Waals surface area contributed by atoms with Gasteiger partial charge in [0.25, 0.3) is 0 Å². The first-order chi connectivity index (χ1) is 9.61. The summed E-state index contributed by atoms with van der Waals surface area (Å²) in [5, 5.41) is 7.56. The number of nitrogens with one attached hydrogen (secondary N) is 1. The van der Waals surface area contributed by atoms with Gasteiger partial charge in [0.1, 0.15) is 0 Å². The average Bonchev–Trinajstić information content (AvgIpc) is 2.75. The summed E-state index contributed by atoms with van der Waals surface area (Å²) in [6.45, 7) is 4.76. The molecule has 0 fully saturated rings. The van der Waals surface area contributed by atoms with Gasteiger partial charge in [-0.05, 0) is 26.0 Å². The second kappa shape index (κ2) is 6.23. The van der Waals surface area contributed by atoms with Gasteiger partial charge in [0.05, 0.1) is 17.9 Å². The number of carbonyl (C=O) groups is 1. The third-order valence-corrected chi connectivity index (χ3v) is 3.01. The van der Waals surface area contributed by atoms with Gasteiger partial charge in [-0.3, -0.25) is 4.68 Å². The zero-order valence-corrected chi connectivity index (χ0v) is 12.0. The Morgan fingerprint density at radius 3 is 2.80 bits per heavy atom. The van der Waals surface area contributed by atoms with Gasteiger partial charge in [-0.15, -0.1) is 0 Å². The normalized spacial score (nSPS) is 10.3. The number of para-hydroxylation sites is 1. The van der Waals surface area contributed by atoms with Crippen LogP contribution in [0.1, 0.15) is 28.5 Å². The number of carbonyl (C=O) groups excluding carboxylic acids is 1. The first-order valence-corrected chi connectivity index (χ1v) is 6.61. The smallest absolute Gasteiger partial charge is 0.340 e. The van der Waals surface area contributed by atoms with Crippen LogP contribution >= 0.6 is 0 Å². The number of rotatable bonds is 5. The first kappa shape index (κ1) is 14.1. The van der Waals surface area contributed by atoms with E-state index in [9.17, 15) is 4.79 Å². The van der Waals surface area contributed by atoms with E-state index < -0.39 is 0 Å². The quantitative estimate of drug-likeness (QED) is 0.850. The van der Waals surface area contributed by atoms with E-state index in [1.165, 1.54) is 0 Å². The molecule has 0 aliphatic heterocycles. The van der Waals surface area contributed by atoms with Crippen LogP contribution in [0.5, 0.6) is 0 Å². The summed E-state index contributed by atoms with van der Waals surface area (Å²) >= 11 is 0. The molecule has 5 heteroatoms. The summed E-state index contributed by atoms with van der Waals surface area (Å²) in [7, 11) is 1.89. The molecule has 0 bridgehead atoms. The van der Waals surface area contributed by atoms with Crippen molar-refractivity contribution in [3.63, 3.8) is 0 Å². The van der Waals surface area contributed by atoms with Crippen LogP contribution in [0, 0.1) is 6.92 Å². The maximum absolute atomic E-state index is 11.9. The Kier molecular flexibility index (Phi) is 4.40. The van der Waals surface area contributed by atoms with Crippen LogP contribution in [-0.2, 0) is 18.3 Å². The molecule has 0 saturated heterocycles. The van der Waals surface area contributed by atoms with E-state index in [0.717, 1.165) is 16.9 Å². The van der Waals surface area contributed by atoms with E-state index in [2.05, 4.69) is 10.4 Å². The van der Waals surface area contributed by atoms with Crippen LogP contribution in [-0.4, -0.2) is 22.4 Å². The van der Waals surface area contributed by atoms with Crippen LogP contribution in [0.25, 0.3) is 0 Å². The van der Waals surface area contributed by atoms with Gasteiger partial charge >= 0.3 is 5.97 Å². The minimum atomic E-state index is -0.307. The molecule has 20 heavy (non-hydrogen) atoms. The Balaban J connectivity index is 2.13. The number of hydrogen-bond acceptors (Lipinski definition) is 4. The van der Waals surface area contributed by atoms with E-state index >= 15 is 0 Å². The zero-order valence-electron chi connectivity index (χ0n) is 12.0. The summed E-state index contributed by atoms with van der Waals surface area (Å²) in [5.41, 5.74) is 3.41. The standard InChI is InChI=1S/C15H19N3O2/c1-4-20-15(19)13-7-5-6-8-14(13)16-9-12-10-18(3)17-11(12)2/h5-8,10,16H,4,9H2,1-3H3. The third-order valence-electron chi connectivity index (χ3n) is 3.01. The number of anilines is 1. The predicted molar refractivity (Wildman–Crippen MR) is 77.7 cm³/mol. The van der Waals surface area contributed by atoms with E-state index in [1.54, 1.807) is 17.7 Å². The van der Waals surface area contributed by atoms with Crippen molar-refractivity contribution >= 4 is 11.7 Å². The number of esters is 1. The molecule has 0 saturated carbocycles. The maximum atomic E-state index is 11.9. The summed E-state index contributed by atoms with van der Waals surface area (Å²) in [4.78, 5) is 11.9. The van der Waals surface area contributed by atoms with E-state index in [-0.39, 0.29) is 5.97 Å². The van der Waals surface area contributed by atoms with E-state index in [1.807, 2.05) is 38.4 Å². The summed E-state index contributed by atoms with van der Waals surface area (Å²) in [6, 6.07) is 7.35. The van der Waals surface area contributed by atoms with Crippen LogP contribution < -0.4 is 5.32 Å². The van der Waals surface area contributed by atoms with Gasteiger partial charge in [-0.25, -0.2) is 4.79 Å². The molecule has 1 aromatic carbocycles. The van der Waals surface area contributed by atoms with Gasteiger partial charge in [0.2, 0.25) is 0 Å². The van der Waals surface area contributed by atoms with E-state index in [4.69, 9.17) is 4.74 Å².